The molecule has 104 valence electrons. The quantitative estimate of drug-likeness (QED) is 0.851. The Balaban J connectivity index is 0.00000289. The molecule has 2 nitrogen and oxygen atoms in total. The standard InChI is InChI=1S/C15H25NO.ClH/c1-5-8-17-15-7-6-13(9-12(4)16)10-14(15)11(2)3;/h6-7,10-12H,5,8-9,16H2,1-4H3;1H. The lowest BCUT2D eigenvalue weighted by Crippen LogP contribution is -2.17. The zero-order chi connectivity index (χ0) is 12.8. The van der Waals surface area contributed by atoms with Crippen molar-refractivity contribution in [3.63, 3.8) is 0 Å². The average molecular weight is 272 g/mol. The van der Waals surface area contributed by atoms with Crippen LogP contribution >= 0.6 is 12.4 Å². The summed E-state index contributed by atoms with van der Waals surface area (Å²) in [4.78, 5) is 0. The first kappa shape index (κ1) is 17.3. The van der Waals surface area contributed by atoms with Gasteiger partial charge in [0.15, 0.2) is 0 Å². The molecule has 0 spiro atoms. The van der Waals surface area contributed by atoms with Crippen LogP contribution in [-0.2, 0) is 6.42 Å². The zero-order valence-electron chi connectivity index (χ0n) is 11.9. The van der Waals surface area contributed by atoms with Crippen molar-refractivity contribution in [2.24, 2.45) is 5.73 Å². The SMILES string of the molecule is CCCOc1ccc(CC(C)N)cc1C(C)C.Cl. The molecule has 2 N–H and O–H groups in total. The van der Waals surface area contributed by atoms with Gasteiger partial charge in [0.25, 0.3) is 0 Å². The molecule has 0 radical (unpaired) electrons. The first-order chi connectivity index (χ1) is 8.04. The van der Waals surface area contributed by atoms with Gasteiger partial charge in [-0.1, -0.05) is 32.9 Å². The maximum absolute atomic E-state index is 5.84. The molecule has 0 aliphatic rings. The van der Waals surface area contributed by atoms with Gasteiger partial charge in [-0.3, -0.25) is 0 Å². The van der Waals surface area contributed by atoms with E-state index in [-0.39, 0.29) is 18.4 Å². The van der Waals surface area contributed by atoms with Gasteiger partial charge < -0.3 is 10.5 Å². The average Bonchev–Trinajstić information content (AvgIpc) is 2.26. The highest BCUT2D eigenvalue weighted by atomic mass is 35.5. The monoisotopic (exact) mass is 271 g/mol. The first-order valence-electron chi connectivity index (χ1n) is 6.55. The largest absolute Gasteiger partial charge is 0.493 e. The molecule has 0 saturated carbocycles. The lowest BCUT2D eigenvalue weighted by atomic mass is 9.97. The first-order valence-corrected chi connectivity index (χ1v) is 6.55. The molecule has 3 heteroatoms. The van der Waals surface area contributed by atoms with Crippen molar-refractivity contribution in [1.29, 1.82) is 0 Å². The summed E-state index contributed by atoms with van der Waals surface area (Å²) >= 11 is 0. The molecule has 1 atom stereocenters. The highest BCUT2D eigenvalue weighted by molar-refractivity contribution is 5.85. The Hall–Kier alpha value is -0.730. The van der Waals surface area contributed by atoms with Gasteiger partial charge in [-0.05, 0) is 42.9 Å². The second-order valence-electron chi connectivity index (χ2n) is 5.06. The second-order valence-corrected chi connectivity index (χ2v) is 5.06. The number of benzene rings is 1. The van der Waals surface area contributed by atoms with E-state index >= 15 is 0 Å². The molecule has 1 aromatic carbocycles. The summed E-state index contributed by atoms with van der Waals surface area (Å²) in [6, 6.07) is 6.65. The van der Waals surface area contributed by atoms with Crippen molar-refractivity contribution < 1.29 is 4.74 Å². The molecule has 0 amide bonds. The summed E-state index contributed by atoms with van der Waals surface area (Å²) in [5, 5.41) is 0. The van der Waals surface area contributed by atoms with E-state index in [1.807, 2.05) is 6.92 Å². The molecule has 1 rings (SSSR count). The summed E-state index contributed by atoms with van der Waals surface area (Å²) in [5.74, 6) is 1.50. The fraction of sp³-hybridized carbons (Fsp3) is 0.600. The predicted octanol–water partition coefficient (Wildman–Crippen LogP) is 3.91. The number of ether oxygens (including phenoxy) is 1. The van der Waals surface area contributed by atoms with Gasteiger partial charge in [0.1, 0.15) is 5.75 Å². The molecule has 1 unspecified atom stereocenters. The summed E-state index contributed by atoms with van der Waals surface area (Å²) < 4.78 is 5.78. The molecular weight excluding hydrogens is 246 g/mol. The molecule has 0 aromatic heterocycles. The van der Waals surface area contributed by atoms with Gasteiger partial charge in [0.2, 0.25) is 0 Å². The summed E-state index contributed by atoms with van der Waals surface area (Å²) in [6.45, 7) is 9.34. The topological polar surface area (TPSA) is 35.2 Å². The highest BCUT2D eigenvalue weighted by Crippen LogP contribution is 2.28. The number of rotatable bonds is 6. The smallest absolute Gasteiger partial charge is 0.122 e. The zero-order valence-corrected chi connectivity index (χ0v) is 12.7. The van der Waals surface area contributed by atoms with Crippen LogP contribution in [0.15, 0.2) is 18.2 Å². The van der Waals surface area contributed by atoms with Crippen LogP contribution in [0.3, 0.4) is 0 Å². The molecule has 0 bridgehead atoms. The van der Waals surface area contributed by atoms with Crippen LogP contribution in [0.5, 0.6) is 5.75 Å². The van der Waals surface area contributed by atoms with Crippen LogP contribution in [-0.4, -0.2) is 12.6 Å². The molecule has 0 fully saturated rings. The maximum atomic E-state index is 5.84. The molecule has 0 saturated heterocycles. The third-order valence-electron chi connectivity index (χ3n) is 2.72. The van der Waals surface area contributed by atoms with Gasteiger partial charge in [-0.15, -0.1) is 12.4 Å². The van der Waals surface area contributed by atoms with E-state index in [0.717, 1.165) is 25.2 Å². The third kappa shape index (κ3) is 5.28. The number of hydrogen-bond acceptors (Lipinski definition) is 2. The predicted molar refractivity (Wildman–Crippen MR) is 80.9 cm³/mol. The van der Waals surface area contributed by atoms with Crippen LogP contribution in [0.2, 0.25) is 0 Å². The van der Waals surface area contributed by atoms with Gasteiger partial charge in [0.05, 0.1) is 6.61 Å². The van der Waals surface area contributed by atoms with Crippen molar-refractivity contribution in [3.05, 3.63) is 29.3 Å². The van der Waals surface area contributed by atoms with Crippen molar-refractivity contribution in [2.45, 2.75) is 52.5 Å². The Morgan fingerprint density at radius 2 is 1.89 bits per heavy atom. The molecule has 0 heterocycles. The Morgan fingerprint density at radius 3 is 2.39 bits per heavy atom. The van der Waals surface area contributed by atoms with Gasteiger partial charge >= 0.3 is 0 Å². The highest BCUT2D eigenvalue weighted by Gasteiger charge is 2.09. The van der Waals surface area contributed by atoms with Gasteiger partial charge in [-0.2, -0.15) is 0 Å². The lowest BCUT2D eigenvalue weighted by Gasteiger charge is -2.16. The van der Waals surface area contributed by atoms with E-state index in [0.29, 0.717) is 5.92 Å². The molecular formula is C15H26ClNO. The van der Waals surface area contributed by atoms with Crippen molar-refractivity contribution >= 4 is 12.4 Å². The molecule has 0 aliphatic carbocycles. The molecule has 0 aliphatic heterocycles. The Labute approximate surface area is 117 Å². The van der Waals surface area contributed by atoms with E-state index in [4.69, 9.17) is 10.5 Å². The molecule has 18 heavy (non-hydrogen) atoms. The van der Waals surface area contributed by atoms with E-state index < -0.39 is 0 Å². The van der Waals surface area contributed by atoms with E-state index in [2.05, 4.69) is 39.0 Å². The van der Waals surface area contributed by atoms with Crippen molar-refractivity contribution in [2.75, 3.05) is 6.61 Å². The summed E-state index contributed by atoms with van der Waals surface area (Å²) in [6.07, 6.45) is 1.97. The maximum Gasteiger partial charge on any atom is 0.122 e. The van der Waals surface area contributed by atoms with Crippen LogP contribution < -0.4 is 10.5 Å². The second kappa shape index (κ2) is 8.39. The van der Waals surface area contributed by atoms with Crippen LogP contribution in [0.1, 0.15) is 51.2 Å². The van der Waals surface area contributed by atoms with E-state index in [1.54, 1.807) is 0 Å². The van der Waals surface area contributed by atoms with Crippen LogP contribution in [0, 0.1) is 0 Å². The van der Waals surface area contributed by atoms with E-state index in [9.17, 15) is 0 Å². The van der Waals surface area contributed by atoms with Crippen LogP contribution in [0.25, 0.3) is 0 Å². The summed E-state index contributed by atoms with van der Waals surface area (Å²) in [5.41, 5.74) is 8.42. The van der Waals surface area contributed by atoms with Crippen LogP contribution in [0.4, 0.5) is 0 Å². The minimum Gasteiger partial charge on any atom is -0.493 e. The van der Waals surface area contributed by atoms with Gasteiger partial charge in [0, 0.05) is 6.04 Å². The molecule has 1 aromatic rings. The van der Waals surface area contributed by atoms with Crippen molar-refractivity contribution in [1.82, 2.24) is 0 Å². The minimum atomic E-state index is 0. The minimum absolute atomic E-state index is 0. The fourth-order valence-corrected chi connectivity index (χ4v) is 1.89. The van der Waals surface area contributed by atoms with Crippen molar-refractivity contribution in [3.8, 4) is 5.75 Å². The normalized spacial score (nSPS) is 12.1. The Kier molecular flexibility index (Phi) is 8.05. The van der Waals surface area contributed by atoms with Gasteiger partial charge in [-0.25, -0.2) is 0 Å². The Bertz CT molecular complexity index is 350. The number of nitrogens with two attached hydrogens (primary N) is 1. The lowest BCUT2D eigenvalue weighted by molar-refractivity contribution is 0.313. The Morgan fingerprint density at radius 1 is 1.22 bits per heavy atom. The van der Waals surface area contributed by atoms with E-state index in [1.165, 1.54) is 11.1 Å². The summed E-state index contributed by atoms with van der Waals surface area (Å²) in [7, 11) is 0. The number of halogens is 1. The third-order valence-corrected chi connectivity index (χ3v) is 2.72. The number of hydrogen-bond donors (Lipinski definition) is 1. The fourth-order valence-electron chi connectivity index (χ4n) is 1.89.